The maximum absolute atomic E-state index is 12.3. The highest BCUT2D eigenvalue weighted by Crippen LogP contribution is 2.26. The summed E-state index contributed by atoms with van der Waals surface area (Å²) in [5.41, 5.74) is 9.43. The van der Waals surface area contributed by atoms with Crippen LogP contribution in [0.3, 0.4) is 0 Å². The minimum Gasteiger partial charge on any atom is -0.495 e. The molecule has 0 aliphatic rings. The largest absolute Gasteiger partial charge is 0.495 e. The van der Waals surface area contributed by atoms with E-state index in [9.17, 15) is 9.59 Å². The van der Waals surface area contributed by atoms with Crippen molar-refractivity contribution >= 4 is 23.3 Å². The van der Waals surface area contributed by atoms with Gasteiger partial charge in [0.2, 0.25) is 0 Å². The first-order chi connectivity index (χ1) is 13.0. The summed E-state index contributed by atoms with van der Waals surface area (Å²) in [6.45, 7) is 1.93. The molecule has 3 amide bonds. The number of nitrogens with one attached hydrogen (secondary N) is 3. The predicted molar refractivity (Wildman–Crippen MR) is 105 cm³/mol. The van der Waals surface area contributed by atoms with Gasteiger partial charge >= 0.3 is 6.03 Å². The van der Waals surface area contributed by atoms with Crippen LogP contribution in [0.4, 0.5) is 16.2 Å². The third-order valence-electron chi connectivity index (χ3n) is 4.05. The Kier molecular flexibility index (Phi) is 5.12. The molecule has 5 N–H and O–H groups in total. The SMILES string of the molecule is COc1ccc(C)cc1NC(=O)Nc1ccc(-c2cc[nH]c2C(N)=O)cc1. The fraction of sp³-hybridized carbons (Fsp3) is 0.100. The maximum Gasteiger partial charge on any atom is 0.323 e. The molecule has 2 aromatic carbocycles. The monoisotopic (exact) mass is 364 g/mol. The zero-order valence-electron chi connectivity index (χ0n) is 15.0. The van der Waals surface area contributed by atoms with E-state index in [1.807, 2.05) is 19.1 Å². The highest BCUT2D eigenvalue weighted by atomic mass is 16.5. The number of hydrogen-bond donors (Lipinski definition) is 4. The molecule has 1 aromatic heterocycles. The first-order valence-corrected chi connectivity index (χ1v) is 8.28. The topological polar surface area (TPSA) is 109 Å². The fourth-order valence-electron chi connectivity index (χ4n) is 2.75. The molecule has 0 unspecified atom stereocenters. The number of urea groups is 1. The highest BCUT2D eigenvalue weighted by Gasteiger charge is 2.12. The number of anilines is 2. The summed E-state index contributed by atoms with van der Waals surface area (Å²) >= 11 is 0. The van der Waals surface area contributed by atoms with Gasteiger partial charge in [-0.15, -0.1) is 0 Å². The Balaban J connectivity index is 1.71. The van der Waals surface area contributed by atoms with Gasteiger partial charge in [-0.25, -0.2) is 4.79 Å². The quantitative estimate of drug-likeness (QED) is 0.553. The van der Waals surface area contributed by atoms with Crippen LogP contribution in [-0.2, 0) is 0 Å². The van der Waals surface area contributed by atoms with E-state index in [2.05, 4.69) is 15.6 Å². The van der Waals surface area contributed by atoms with Crippen LogP contribution in [-0.4, -0.2) is 24.0 Å². The number of carbonyl (C=O) groups excluding carboxylic acids is 2. The van der Waals surface area contributed by atoms with Gasteiger partial charge in [-0.3, -0.25) is 4.79 Å². The first-order valence-electron chi connectivity index (χ1n) is 8.28. The number of benzene rings is 2. The normalized spacial score (nSPS) is 10.3. The van der Waals surface area contributed by atoms with E-state index in [0.717, 1.165) is 11.1 Å². The Morgan fingerprint density at radius 1 is 1.04 bits per heavy atom. The van der Waals surface area contributed by atoms with Crippen LogP contribution in [0.25, 0.3) is 11.1 Å². The molecule has 0 radical (unpaired) electrons. The number of aromatic nitrogens is 1. The molecular weight excluding hydrogens is 344 g/mol. The lowest BCUT2D eigenvalue weighted by Crippen LogP contribution is -2.19. The van der Waals surface area contributed by atoms with Gasteiger partial charge in [-0.2, -0.15) is 0 Å². The Morgan fingerprint density at radius 3 is 2.44 bits per heavy atom. The lowest BCUT2D eigenvalue weighted by atomic mass is 10.1. The Labute approximate surface area is 156 Å². The van der Waals surface area contributed by atoms with Gasteiger partial charge in [0.05, 0.1) is 12.8 Å². The molecule has 0 spiro atoms. The van der Waals surface area contributed by atoms with Gasteiger partial charge in [-0.05, 0) is 48.4 Å². The van der Waals surface area contributed by atoms with Gasteiger partial charge in [0.1, 0.15) is 11.4 Å². The first kappa shape index (κ1) is 18.1. The second kappa shape index (κ2) is 7.65. The van der Waals surface area contributed by atoms with Gasteiger partial charge in [0.25, 0.3) is 5.91 Å². The minimum absolute atomic E-state index is 0.347. The van der Waals surface area contributed by atoms with E-state index in [1.165, 1.54) is 0 Å². The standard InChI is InChI=1S/C20H20N4O3/c1-12-3-8-17(27-2)16(11-12)24-20(26)23-14-6-4-13(5-7-14)15-9-10-22-18(15)19(21)25/h3-11,22H,1-2H3,(H2,21,25)(H2,23,24,26). The second-order valence-electron chi connectivity index (χ2n) is 5.99. The summed E-state index contributed by atoms with van der Waals surface area (Å²) in [6.07, 6.45) is 1.66. The number of methoxy groups -OCH3 is 1. The van der Waals surface area contributed by atoms with Crippen molar-refractivity contribution in [1.29, 1.82) is 0 Å². The summed E-state index contributed by atoms with van der Waals surface area (Å²) in [7, 11) is 1.55. The summed E-state index contributed by atoms with van der Waals surface area (Å²) in [4.78, 5) is 26.5. The van der Waals surface area contributed by atoms with Crippen molar-refractivity contribution in [3.8, 4) is 16.9 Å². The van der Waals surface area contributed by atoms with Crippen LogP contribution in [0.2, 0.25) is 0 Å². The number of aryl methyl sites for hydroxylation is 1. The second-order valence-corrected chi connectivity index (χ2v) is 5.99. The number of ether oxygens (including phenoxy) is 1. The van der Waals surface area contributed by atoms with Crippen LogP contribution in [0.5, 0.6) is 5.75 Å². The maximum atomic E-state index is 12.3. The van der Waals surface area contributed by atoms with E-state index in [-0.39, 0.29) is 6.03 Å². The van der Waals surface area contributed by atoms with Gasteiger partial charge in [0, 0.05) is 17.4 Å². The molecule has 0 saturated carbocycles. The van der Waals surface area contributed by atoms with Crippen molar-refractivity contribution in [1.82, 2.24) is 4.98 Å². The molecule has 7 nitrogen and oxygen atoms in total. The fourth-order valence-corrected chi connectivity index (χ4v) is 2.75. The predicted octanol–water partition coefficient (Wildman–Crippen LogP) is 3.74. The number of aromatic amines is 1. The van der Waals surface area contributed by atoms with Crippen molar-refractivity contribution in [2.75, 3.05) is 17.7 Å². The number of primary amides is 1. The molecule has 7 heteroatoms. The van der Waals surface area contributed by atoms with Crippen LogP contribution in [0, 0.1) is 6.92 Å². The zero-order valence-corrected chi connectivity index (χ0v) is 15.0. The van der Waals surface area contributed by atoms with Crippen LogP contribution >= 0.6 is 0 Å². The molecule has 0 bridgehead atoms. The van der Waals surface area contributed by atoms with Crippen molar-refractivity contribution in [3.63, 3.8) is 0 Å². The Morgan fingerprint density at radius 2 is 1.78 bits per heavy atom. The van der Waals surface area contributed by atoms with Crippen LogP contribution < -0.4 is 21.1 Å². The average Bonchev–Trinajstić information content (AvgIpc) is 3.12. The lowest BCUT2D eigenvalue weighted by molar-refractivity contribution is 0.0997. The summed E-state index contributed by atoms with van der Waals surface area (Å²) in [5.74, 6) is 0.0567. The van der Waals surface area contributed by atoms with E-state index >= 15 is 0 Å². The number of H-pyrrole nitrogens is 1. The average molecular weight is 364 g/mol. The summed E-state index contributed by atoms with van der Waals surface area (Å²) in [6, 6.07) is 14.0. The highest BCUT2D eigenvalue weighted by molar-refractivity contribution is 6.01. The van der Waals surface area contributed by atoms with Crippen LogP contribution in [0.1, 0.15) is 16.1 Å². The summed E-state index contributed by atoms with van der Waals surface area (Å²) in [5, 5.41) is 5.54. The molecular formula is C20H20N4O3. The minimum atomic E-state index is -0.524. The molecule has 0 atom stereocenters. The number of hydrogen-bond acceptors (Lipinski definition) is 3. The Bertz CT molecular complexity index is 977. The molecule has 3 rings (SSSR count). The third kappa shape index (κ3) is 4.09. The lowest BCUT2D eigenvalue weighted by Gasteiger charge is -2.12. The smallest absolute Gasteiger partial charge is 0.323 e. The van der Waals surface area contributed by atoms with E-state index in [4.69, 9.17) is 10.5 Å². The number of carbonyl (C=O) groups is 2. The van der Waals surface area contributed by atoms with Crippen molar-refractivity contribution in [2.24, 2.45) is 5.73 Å². The van der Waals surface area contributed by atoms with Crippen molar-refractivity contribution in [3.05, 3.63) is 66.0 Å². The molecule has 27 heavy (non-hydrogen) atoms. The van der Waals surface area contributed by atoms with Crippen LogP contribution in [0.15, 0.2) is 54.7 Å². The van der Waals surface area contributed by atoms with E-state index in [0.29, 0.717) is 28.4 Å². The molecule has 3 aromatic rings. The molecule has 0 fully saturated rings. The van der Waals surface area contributed by atoms with Gasteiger partial charge in [0.15, 0.2) is 0 Å². The third-order valence-corrected chi connectivity index (χ3v) is 4.05. The molecule has 0 aliphatic heterocycles. The number of amides is 3. The van der Waals surface area contributed by atoms with E-state index < -0.39 is 5.91 Å². The molecule has 138 valence electrons. The van der Waals surface area contributed by atoms with Gasteiger partial charge in [-0.1, -0.05) is 18.2 Å². The van der Waals surface area contributed by atoms with E-state index in [1.54, 1.807) is 49.7 Å². The van der Waals surface area contributed by atoms with Crippen molar-refractivity contribution < 1.29 is 14.3 Å². The molecule has 0 aliphatic carbocycles. The molecule has 0 saturated heterocycles. The number of rotatable bonds is 5. The van der Waals surface area contributed by atoms with Gasteiger partial charge < -0.3 is 26.1 Å². The summed E-state index contributed by atoms with van der Waals surface area (Å²) < 4.78 is 5.26. The molecule has 1 heterocycles. The number of nitrogens with two attached hydrogens (primary N) is 1. The van der Waals surface area contributed by atoms with Crippen molar-refractivity contribution in [2.45, 2.75) is 6.92 Å². The zero-order chi connectivity index (χ0) is 19.4. The Hall–Kier alpha value is -3.74.